The number of benzene rings is 1. The molecular weight excluding hydrogens is 175 g/mol. The van der Waals surface area contributed by atoms with Crippen molar-refractivity contribution in [2.24, 2.45) is 0 Å². The summed E-state index contributed by atoms with van der Waals surface area (Å²) in [6.45, 7) is 3.51. The molecular formula is C8H10O3P. The van der Waals surface area contributed by atoms with Gasteiger partial charge in [-0.15, -0.1) is 0 Å². The van der Waals surface area contributed by atoms with Gasteiger partial charge in [-0.25, -0.2) is 0 Å². The molecule has 0 heterocycles. The lowest BCUT2D eigenvalue weighted by Crippen LogP contribution is -2.04. The van der Waals surface area contributed by atoms with E-state index in [1.54, 1.807) is 13.8 Å². The maximum Gasteiger partial charge on any atom is 0.356 e. The average molecular weight is 185 g/mol. The molecule has 3 nitrogen and oxygen atoms in total. The summed E-state index contributed by atoms with van der Waals surface area (Å²) in [5.41, 5.74) is 1.49. The Balaban J connectivity index is 3.27. The van der Waals surface area contributed by atoms with Crippen LogP contribution in [0.15, 0.2) is 12.1 Å². The highest BCUT2D eigenvalue weighted by Gasteiger charge is 2.16. The summed E-state index contributed by atoms with van der Waals surface area (Å²) in [7, 11) is -4.09. The van der Waals surface area contributed by atoms with E-state index in [1.165, 1.54) is 12.1 Å². The fourth-order valence-electron chi connectivity index (χ4n) is 1.04. The molecule has 0 aliphatic rings. The number of hydrogen-bond acceptors (Lipinski definition) is 1. The van der Waals surface area contributed by atoms with Gasteiger partial charge in [-0.05, 0) is 43.2 Å². The van der Waals surface area contributed by atoms with E-state index < -0.39 is 7.60 Å². The predicted molar refractivity (Wildman–Crippen MR) is 46.4 cm³/mol. The Morgan fingerprint density at radius 3 is 2.00 bits per heavy atom. The lowest BCUT2D eigenvalue weighted by molar-refractivity contribution is 0.387. The van der Waals surface area contributed by atoms with Crippen LogP contribution >= 0.6 is 7.60 Å². The van der Waals surface area contributed by atoms with E-state index >= 15 is 0 Å². The van der Waals surface area contributed by atoms with Crippen molar-refractivity contribution in [3.63, 3.8) is 0 Å². The number of hydrogen-bond donors (Lipinski definition) is 2. The Bertz CT molecular complexity index is 320. The van der Waals surface area contributed by atoms with Gasteiger partial charge in [0.2, 0.25) is 0 Å². The summed E-state index contributed by atoms with van der Waals surface area (Å²) < 4.78 is 10.8. The van der Waals surface area contributed by atoms with Crippen molar-refractivity contribution < 1.29 is 14.4 Å². The minimum Gasteiger partial charge on any atom is -0.321 e. The molecule has 0 aliphatic heterocycles. The summed E-state index contributed by atoms with van der Waals surface area (Å²) in [6.07, 6.45) is 0. The lowest BCUT2D eigenvalue weighted by Gasteiger charge is -2.05. The summed E-state index contributed by atoms with van der Waals surface area (Å²) >= 11 is 0. The highest BCUT2D eigenvalue weighted by Crippen LogP contribution is 2.33. The van der Waals surface area contributed by atoms with Crippen molar-refractivity contribution in [1.29, 1.82) is 0 Å². The Kier molecular flexibility index (Phi) is 2.38. The molecule has 65 valence electrons. The first-order valence-electron chi connectivity index (χ1n) is 3.46. The molecule has 0 atom stereocenters. The van der Waals surface area contributed by atoms with E-state index in [-0.39, 0.29) is 5.30 Å². The van der Waals surface area contributed by atoms with Crippen LogP contribution in [-0.4, -0.2) is 9.79 Å². The van der Waals surface area contributed by atoms with Crippen molar-refractivity contribution in [3.8, 4) is 0 Å². The van der Waals surface area contributed by atoms with E-state index in [0.717, 1.165) is 11.1 Å². The van der Waals surface area contributed by atoms with E-state index in [1.807, 2.05) is 0 Å². The second-order valence-corrected chi connectivity index (χ2v) is 4.35. The zero-order valence-corrected chi connectivity index (χ0v) is 7.80. The van der Waals surface area contributed by atoms with Crippen LogP contribution in [0, 0.1) is 19.9 Å². The maximum absolute atomic E-state index is 10.8. The van der Waals surface area contributed by atoms with Gasteiger partial charge in [0.1, 0.15) is 0 Å². The molecule has 1 aromatic rings. The second kappa shape index (κ2) is 3.02. The molecule has 0 aliphatic carbocycles. The Labute approximate surface area is 71.2 Å². The molecule has 1 radical (unpaired) electrons. The van der Waals surface area contributed by atoms with Crippen LogP contribution < -0.4 is 5.30 Å². The monoisotopic (exact) mass is 185 g/mol. The number of aryl methyl sites for hydroxylation is 2. The van der Waals surface area contributed by atoms with Crippen molar-refractivity contribution in [1.82, 2.24) is 0 Å². The Morgan fingerprint density at radius 1 is 1.25 bits per heavy atom. The van der Waals surface area contributed by atoms with Crippen LogP contribution in [0.4, 0.5) is 0 Å². The van der Waals surface area contributed by atoms with E-state index in [4.69, 9.17) is 9.79 Å². The Morgan fingerprint density at radius 2 is 1.67 bits per heavy atom. The minimum atomic E-state index is -4.09. The molecule has 0 unspecified atom stereocenters. The molecule has 0 saturated heterocycles. The predicted octanol–water partition coefficient (Wildman–Crippen LogP) is 0.907. The van der Waals surface area contributed by atoms with Crippen molar-refractivity contribution >= 4 is 12.9 Å². The van der Waals surface area contributed by atoms with Gasteiger partial charge in [0.25, 0.3) is 0 Å². The molecule has 4 heteroatoms. The fourth-order valence-corrected chi connectivity index (χ4v) is 1.76. The maximum atomic E-state index is 10.8. The molecule has 0 fully saturated rings. The molecule has 1 rings (SSSR count). The molecule has 0 amide bonds. The van der Waals surface area contributed by atoms with Crippen LogP contribution in [0.5, 0.6) is 0 Å². The van der Waals surface area contributed by atoms with Crippen LogP contribution in [0.1, 0.15) is 11.1 Å². The third-order valence-corrected chi connectivity index (χ3v) is 2.39. The average Bonchev–Trinajstić information content (AvgIpc) is 1.82. The summed E-state index contributed by atoms with van der Waals surface area (Å²) in [4.78, 5) is 17.7. The zero-order chi connectivity index (χ0) is 9.35. The van der Waals surface area contributed by atoms with Gasteiger partial charge in [-0.3, -0.25) is 4.57 Å². The third kappa shape index (κ3) is 2.18. The smallest absolute Gasteiger partial charge is 0.321 e. The van der Waals surface area contributed by atoms with Crippen LogP contribution in [0.2, 0.25) is 0 Å². The zero-order valence-electron chi connectivity index (χ0n) is 6.90. The first-order chi connectivity index (χ1) is 5.39. The molecule has 12 heavy (non-hydrogen) atoms. The number of rotatable bonds is 1. The van der Waals surface area contributed by atoms with Crippen LogP contribution in [0.3, 0.4) is 0 Å². The quantitative estimate of drug-likeness (QED) is 0.639. The second-order valence-electron chi connectivity index (χ2n) is 2.75. The van der Waals surface area contributed by atoms with Gasteiger partial charge >= 0.3 is 7.60 Å². The van der Waals surface area contributed by atoms with Crippen molar-refractivity contribution in [3.05, 3.63) is 29.3 Å². The van der Waals surface area contributed by atoms with Gasteiger partial charge in [-0.2, -0.15) is 0 Å². The highest BCUT2D eigenvalue weighted by atomic mass is 31.2. The van der Waals surface area contributed by atoms with E-state index in [2.05, 4.69) is 6.07 Å². The molecule has 0 bridgehead atoms. The third-order valence-electron chi connectivity index (χ3n) is 1.46. The lowest BCUT2D eigenvalue weighted by atomic mass is 10.2. The summed E-state index contributed by atoms with van der Waals surface area (Å²) in [5.74, 6) is 0. The summed E-state index contributed by atoms with van der Waals surface area (Å²) in [6, 6.07) is 5.84. The summed E-state index contributed by atoms with van der Waals surface area (Å²) in [5, 5.41) is 0.0660. The van der Waals surface area contributed by atoms with Gasteiger partial charge in [0.05, 0.1) is 5.30 Å². The fraction of sp³-hybridized carbons (Fsp3) is 0.250. The van der Waals surface area contributed by atoms with Crippen LogP contribution in [-0.2, 0) is 4.57 Å². The standard InChI is InChI=1S/C8H10O3P/c1-6-3-7(2)5-8(4-6)12(9,10)11/h4-5H,1-2H3,(H2,9,10,11). The molecule has 0 aromatic heterocycles. The largest absolute Gasteiger partial charge is 0.356 e. The van der Waals surface area contributed by atoms with Crippen LogP contribution in [0.25, 0.3) is 0 Å². The van der Waals surface area contributed by atoms with E-state index in [9.17, 15) is 4.57 Å². The molecule has 0 saturated carbocycles. The van der Waals surface area contributed by atoms with Gasteiger partial charge in [-0.1, -0.05) is 0 Å². The highest BCUT2D eigenvalue weighted by molar-refractivity contribution is 7.60. The topological polar surface area (TPSA) is 57.5 Å². The van der Waals surface area contributed by atoms with Gasteiger partial charge in [0, 0.05) is 0 Å². The van der Waals surface area contributed by atoms with Gasteiger partial charge in [0.15, 0.2) is 0 Å². The minimum absolute atomic E-state index is 0.0660. The molecule has 0 spiro atoms. The first-order valence-corrected chi connectivity index (χ1v) is 5.07. The Hall–Kier alpha value is -0.630. The molecule has 1 aromatic carbocycles. The first kappa shape index (κ1) is 9.46. The molecule has 2 N–H and O–H groups in total. The van der Waals surface area contributed by atoms with Crippen molar-refractivity contribution in [2.75, 3.05) is 0 Å². The van der Waals surface area contributed by atoms with E-state index in [0.29, 0.717) is 0 Å². The SMILES string of the molecule is Cc1[c]c(C)cc(P(=O)(O)O)c1. The van der Waals surface area contributed by atoms with Crippen molar-refractivity contribution in [2.45, 2.75) is 13.8 Å². The normalized spacial score (nSPS) is 11.7. The van der Waals surface area contributed by atoms with Gasteiger partial charge < -0.3 is 9.79 Å².